The van der Waals surface area contributed by atoms with Crippen molar-refractivity contribution in [2.24, 2.45) is 10.9 Å². The highest BCUT2D eigenvalue weighted by Gasteiger charge is 2.09. The number of nitrogens with zero attached hydrogens (tertiary/aromatic N) is 1. The molecule has 0 fully saturated rings. The molecule has 0 aromatic heterocycles. The normalized spacial score (nSPS) is 13.2. The van der Waals surface area contributed by atoms with Crippen LogP contribution in [0.4, 0.5) is 0 Å². The van der Waals surface area contributed by atoms with E-state index < -0.39 is 0 Å². The van der Waals surface area contributed by atoms with Crippen LogP contribution in [-0.2, 0) is 11.3 Å². The standard InChI is InChI=1S/C14H23N3O3/c1-4-20-9-10(2)16-8-11-5-6-12(14(15)17-18)13(7-11)19-3/h5-7,10,16,18H,4,8-9H2,1-3H3,(H2,15,17). The zero-order valence-electron chi connectivity index (χ0n) is 12.2. The van der Waals surface area contributed by atoms with Crippen LogP contribution < -0.4 is 15.8 Å². The SMILES string of the molecule is CCOCC(C)NCc1ccc(/C(N)=N/O)c(OC)c1. The third-order valence-corrected chi connectivity index (χ3v) is 2.88. The molecule has 1 unspecified atom stereocenters. The molecule has 0 aliphatic carbocycles. The van der Waals surface area contributed by atoms with Crippen LogP contribution in [0.1, 0.15) is 25.0 Å². The number of ether oxygens (including phenoxy) is 2. The van der Waals surface area contributed by atoms with Gasteiger partial charge in [-0.15, -0.1) is 0 Å². The molecule has 112 valence electrons. The average Bonchev–Trinajstić information content (AvgIpc) is 2.49. The molecule has 1 atom stereocenters. The maximum absolute atomic E-state index is 8.72. The van der Waals surface area contributed by atoms with Gasteiger partial charge in [-0.05, 0) is 31.5 Å². The number of benzene rings is 1. The summed E-state index contributed by atoms with van der Waals surface area (Å²) in [6.07, 6.45) is 0. The molecule has 0 bridgehead atoms. The molecule has 0 saturated carbocycles. The predicted octanol–water partition coefficient (Wildman–Crippen LogP) is 1.30. The fraction of sp³-hybridized carbons (Fsp3) is 0.500. The zero-order chi connectivity index (χ0) is 15.0. The van der Waals surface area contributed by atoms with Gasteiger partial charge in [0.15, 0.2) is 5.84 Å². The largest absolute Gasteiger partial charge is 0.496 e. The fourth-order valence-corrected chi connectivity index (χ4v) is 1.76. The topological polar surface area (TPSA) is 89.1 Å². The predicted molar refractivity (Wildman–Crippen MR) is 78.3 cm³/mol. The molecule has 4 N–H and O–H groups in total. The van der Waals surface area contributed by atoms with Gasteiger partial charge in [0.05, 0.1) is 19.3 Å². The summed E-state index contributed by atoms with van der Waals surface area (Å²) in [5, 5.41) is 15.1. The van der Waals surface area contributed by atoms with Crippen LogP contribution in [0.3, 0.4) is 0 Å². The second-order valence-corrected chi connectivity index (χ2v) is 4.46. The Morgan fingerprint density at radius 1 is 1.50 bits per heavy atom. The van der Waals surface area contributed by atoms with Gasteiger partial charge in [0, 0.05) is 19.2 Å². The van der Waals surface area contributed by atoms with Crippen LogP contribution in [0.15, 0.2) is 23.4 Å². The molecule has 6 nitrogen and oxygen atoms in total. The van der Waals surface area contributed by atoms with E-state index in [1.54, 1.807) is 13.2 Å². The lowest BCUT2D eigenvalue weighted by atomic mass is 10.1. The van der Waals surface area contributed by atoms with Crippen molar-refractivity contribution in [3.8, 4) is 5.75 Å². The second kappa shape index (κ2) is 8.39. The van der Waals surface area contributed by atoms with Gasteiger partial charge >= 0.3 is 0 Å². The van der Waals surface area contributed by atoms with Crippen molar-refractivity contribution in [3.63, 3.8) is 0 Å². The van der Waals surface area contributed by atoms with E-state index in [4.69, 9.17) is 20.4 Å². The van der Waals surface area contributed by atoms with Gasteiger partial charge in [-0.1, -0.05) is 11.2 Å². The van der Waals surface area contributed by atoms with Gasteiger partial charge in [-0.25, -0.2) is 0 Å². The highest BCUT2D eigenvalue weighted by Crippen LogP contribution is 2.20. The van der Waals surface area contributed by atoms with E-state index >= 15 is 0 Å². The van der Waals surface area contributed by atoms with Crippen LogP contribution in [0.2, 0.25) is 0 Å². The minimum Gasteiger partial charge on any atom is -0.496 e. The lowest BCUT2D eigenvalue weighted by Gasteiger charge is -2.15. The number of methoxy groups -OCH3 is 1. The molecule has 0 heterocycles. The Balaban J connectivity index is 2.69. The number of nitrogens with two attached hydrogens (primary N) is 1. The van der Waals surface area contributed by atoms with E-state index in [-0.39, 0.29) is 11.9 Å². The molecule has 1 aromatic carbocycles. The van der Waals surface area contributed by atoms with E-state index in [1.165, 1.54) is 0 Å². The van der Waals surface area contributed by atoms with Crippen LogP contribution in [0.25, 0.3) is 0 Å². The van der Waals surface area contributed by atoms with Crippen molar-refractivity contribution in [2.45, 2.75) is 26.4 Å². The Hall–Kier alpha value is -1.79. The maximum atomic E-state index is 8.72. The summed E-state index contributed by atoms with van der Waals surface area (Å²) in [6.45, 7) is 6.13. The molecule has 20 heavy (non-hydrogen) atoms. The summed E-state index contributed by atoms with van der Waals surface area (Å²) in [5.74, 6) is 0.614. The highest BCUT2D eigenvalue weighted by molar-refractivity contribution is 5.99. The second-order valence-electron chi connectivity index (χ2n) is 4.46. The first-order valence-corrected chi connectivity index (χ1v) is 6.58. The van der Waals surface area contributed by atoms with Gasteiger partial charge in [-0.2, -0.15) is 0 Å². The summed E-state index contributed by atoms with van der Waals surface area (Å²) in [6, 6.07) is 5.83. The van der Waals surface area contributed by atoms with E-state index in [1.807, 2.05) is 19.1 Å². The Labute approximate surface area is 119 Å². The fourth-order valence-electron chi connectivity index (χ4n) is 1.76. The summed E-state index contributed by atoms with van der Waals surface area (Å²) in [5.41, 5.74) is 7.21. The third kappa shape index (κ3) is 4.71. The Morgan fingerprint density at radius 2 is 2.25 bits per heavy atom. The summed E-state index contributed by atoms with van der Waals surface area (Å²) in [7, 11) is 1.55. The zero-order valence-corrected chi connectivity index (χ0v) is 12.2. The lowest BCUT2D eigenvalue weighted by molar-refractivity contribution is 0.127. The van der Waals surface area contributed by atoms with Crippen molar-refractivity contribution in [1.82, 2.24) is 5.32 Å². The quantitative estimate of drug-likeness (QED) is 0.289. The average molecular weight is 281 g/mol. The van der Waals surface area contributed by atoms with Crippen LogP contribution >= 0.6 is 0 Å². The highest BCUT2D eigenvalue weighted by atomic mass is 16.5. The molecule has 6 heteroatoms. The molecule has 0 saturated heterocycles. The van der Waals surface area contributed by atoms with Gasteiger partial charge in [0.2, 0.25) is 0 Å². The van der Waals surface area contributed by atoms with E-state index in [0.29, 0.717) is 31.1 Å². The van der Waals surface area contributed by atoms with E-state index in [9.17, 15) is 0 Å². The number of hydrogen-bond acceptors (Lipinski definition) is 5. The molecule has 0 aliphatic rings. The summed E-state index contributed by atoms with van der Waals surface area (Å²) < 4.78 is 10.6. The molecule has 0 amide bonds. The van der Waals surface area contributed by atoms with Crippen molar-refractivity contribution in [1.29, 1.82) is 0 Å². The van der Waals surface area contributed by atoms with Crippen LogP contribution in [-0.4, -0.2) is 37.4 Å². The number of amidine groups is 1. The first-order valence-electron chi connectivity index (χ1n) is 6.58. The smallest absolute Gasteiger partial charge is 0.173 e. The Morgan fingerprint density at radius 3 is 2.85 bits per heavy atom. The molecule has 1 rings (SSSR count). The molecule has 0 aliphatic heterocycles. The number of hydrogen-bond donors (Lipinski definition) is 3. The minimum absolute atomic E-state index is 0.0334. The van der Waals surface area contributed by atoms with Crippen molar-refractivity contribution in [2.75, 3.05) is 20.3 Å². The Kier molecular flexibility index (Phi) is 6.83. The van der Waals surface area contributed by atoms with Gasteiger partial charge in [0.1, 0.15) is 5.75 Å². The first kappa shape index (κ1) is 16.3. The monoisotopic (exact) mass is 281 g/mol. The van der Waals surface area contributed by atoms with Crippen LogP contribution in [0.5, 0.6) is 5.75 Å². The van der Waals surface area contributed by atoms with Gasteiger partial charge < -0.3 is 25.7 Å². The van der Waals surface area contributed by atoms with Crippen LogP contribution in [0, 0.1) is 0 Å². The summed E-state index contributed by atoms with van der Waals surface area (Å²) >= 11 is 0. The van der Waals surface area contributed by atoms with E-state index in [2.05, 4.69) is 17.4 Å². The molecule has 0 spiro atoms. The summed E-state index contributed by atoms with van der Waals surface area (Å²) in [4.78, 5) is 0. The number of oxime groups is 1. The van der Waals surface area contributed by atoms with E-state index in [0.717, 1.165) is 5.56 Å². The van der Waals surface area contributed by atoms with Crippen molar-refractivity contribution < 1.29 is 14.7 Å². The third-order valence-electron chi connectivity index (χ3n) is 2.88. The van der Waals surface area contributed by atoms with Gasteiger partial charge in [0.25, 0.3) is 0 Å². The van der Waals surface area contributed by atoms with Crippen molar-refractivity contribution in [3.05, 3.63) is 29.3 Å². The number of nitrogens with one attached hydrogen (secondary N) is 1. The molecular formula is C14H23N3O3. The number of rotatable bonds is 8. The van der Waals surface area contributed by atoms with Gasteiger partial charge in [-0.3, -0.25) is 0 Å². The molecule has 0 radical (unpaired) electrons. The van der Waals surface area contributed by atoms with Crippen molar-refractivity contribution >= 4 is 5.84 Å². The first-order chi connectivity index (χ1) is 9.62. The molecule has 1 aromatic rings. The molecular weight excluding hydrogens is 258 g/mol. The lowest BCUT2D eigenvalue weighted by Crippen LogP contribution is -2.30. The maximum Gasteiger partial charge on any atom is 0.173 e. The minimum atomic E-state index is 0.0334. The Bertz CT molecular complexity index is 449.